The lowest BCUT2D eigenvalue weighted by Gasteiger charge is -2.20. The van der Waals surface area contributed by atoms with Crippen molar-refractivity contribution in [3.8, 4) is 0 Å². The summed E-state index contributed by atoms with van der Waals surface area (Å²) < 4.78 is 4.62. The first-order valence-corrected chi connectivity index (χ1v) is 7.98. The number of hydrogen-bond donors (Lipinski definition) is 0. The Morgan fingerprint density at radius 3 is 2.67 bits per heavy atom. The fourth-order valence-electron chi connectivity index (χ4n) is 1.33. The van der Waals surface area contributed by atoms with Crippen LogP contribution in [0.3, 0.4) is 0 Å². The number of thioether (sulfide) groups is 3. The lowest BCUT2D eigenvalue weighted by molar-refractivity contribution is -0.109. The average Bonchev–Trinajstić information content (AvgIpc) is 2.29. The van der Waals surface area contributed by atoms with Crippen molar-refractivity contribution >= 4 is 45.7 Å². The van der Waals surface area contributed by atoms with Gasteiger partial charge in [0, 0.05) is 9.79 Å². The van der Waals surface area contributed by atoms with E-state index in [1.54, 1.807) is 13.8 Å². The summed E-state index contributed by atoms with van der Waals surface area (Å²) in [7, 11) is 0. The standard InChI is InChI=1S/C12H12O3S3/c1-7(2)15-12(14)18-11-10(13)16-8-5-3-4-6-9(8)17-11/h3-7,11H,1-2H3. The van der Waals surface area contributed by atoms with E-state index in [2.05, 4.69) is 0 Å². The third-order valence-electron chi connectivity index (χ3n) is 2.02. The molecule has 6 heteroatoms. The molecule has 1 heterocycles. The Hall–Kier alpha value is -0.590. The van der Waals surface area contributed by atoms with Gasteiger partial charge in [-0.25, -0.2) is 4.79 Å². The highest BCUT2D eigenvalue weighted by Gasteiger charge is 2.31. The Morgan fingerprint density at radius 2 is 2.00 bits per heavy atom. The van der Waals surface area contributed by atoms with Crippen molar-refractivity contribution in [2.24, 2.45) is 0 Å². The van der Waals surface area contributed by atoms with E-state index in [4.69, 9.17) is 4.74 Å². The zero-order valence-electron chi connectivity index (χ0n) is 9.91. The van der Waals surface area contributed by atoms with E-state index in [1.165, 1.54) is 23.5 Å². The number of benzene rings is 1. The van der Waals surface area contributed by atoms with Crippen molar-refractivity contribution < 1.29 is 14.3 Å². The van der Waals surface area contributed by atoms with E-state index in [1.807, 2.05) is 24.3 Å². The van der Waals surface area contributed by atoms with E-state index < -0.39 is 9.88 Å². The molecule has 2 rings (SSSR count). The molecule has 1 aromatic carbocycles. The van der Waals surface area contributed by atoms with Crippen LogP contribution in [0.2, 0.25) is 0 Å². The molecule has 1 aromatic rings. The number of rotatable bonds is 2. The highest BCUT2D eigenvalue weighted by molar-refractivity contribution is 8.30. The summed E-state index contributed by atoms with van der Waals surface area (Å²) in [6.45, 7) is 3.58. The van der Waals surface area contributed by atoms with Gasteiger partial charge in [0.1, 0.15) is 4.58 Å². The van der Waals surface area contributed by atoms with Crippen molar-refractivity contribution in [1.82, 2.24) is 0 Å². The van der Waals surface area contributed by atoms with E-state index >= 15 is 0 Å². The number of ether oxygens (including phenoxy) is 1. The van der Waals surface area contributed by atoms with Gasteiger partial charge in [-0.3, -0.25) is 4.79 Å². The van der Waals surface area contributed by atoms with Crippen LogP contribution in [-0.4, -0.2) is 21.1 Å². The van der Waals surface area contributed by atoms with Gasteiger partial charge >= 0.3 is 5.30 Å². The largest absolute Gasteiger partial charge is 0.455 e. The summed E-state index contributed by atoms with van der Waals surface area (Å²) in [6, 6.07) is 7.70. The predicted octanol–water partition coefficient (Wildman–Crippen LogP) is 4.02. The van der Waals surface area contributed by atoms with Gasteiger partial charge < -0.3 is 4.74 Å². The molecule has 1 unspecified atom stereocenters. The van der Waals surface area contributed by atoms with E-state index in [0.29, 0.717) is 0 Å². The molecule has 0 aromatic heterocycles. The summed E-state index contributed by atoms with van der Waals surface area (Å²) in [5.74, 6) is 0. The van der Waals surface area contributed by atoms with Crippen molar-refractivity contribution in [2.45, 2.75) is 34.3 Å². The third-order valence-corrected chi connectivity index (χ3v) is 5.79. The molecule has 3 nitrogen and oxygen atoms in total. The SMILES string of the molecule is CC(C)OC(=O)SC1Sc2ccccc2SC1=O. The minimum atomic E-state index is -0.420. The molecule has 0 radical (unpaired) electrons. The van der Waals surface area contributed by atoms with E-state index in [9.17, 15) is 9.59 Å². The van der Waals surface area contributed by atoms with Crippen LogP contribution in [0, 0.1) is 0 Å². The summed E-state index contributed by atoms with van der Waals surface area (Å²) in [5.41, 5.74) is 0. The molecular weight excluding hydrogens is 288 g/mol. The molecule has 0 amide bonds. The fraction of sp³-hybridized carbons (Fsp3) is 0.333. The van der Waals surface area contributed by atoms with Crippen LogP contribution in [0.4, 0.5) is 4.79 Å². The van der Waals surface area contributed by atoms with Gasteiger partial charge in [-0.2, -0.15) is 0 Å². The molecule has 18 heavy (non-hydrogen) atoms. The van der Waals surface area contributed by atoms with Crippen LogP contribution >= 0.6 is 35.3 Å². The zero-order valence-corrected chi connectivity index (χ0v) is 12.4. The summed E-state index contributed by atoms with van der Waals surface area (Å²) in [5, 5.41) is -0.403. The van der Waals surface area contributed by atoms with Gasteiger partial charge in [-0.05, 0) is 49.5 Å². The van der Waals surface area contributed by atoms with Gasteiger partial charge in [0.05, 0.1) is 6.10 Å². The minimum Gasteiger partial charge on any atom is -0.455 e. The van der Waals surface area contributed by atoms with Crippen LogP contribution in [0.25, 0.3) is 0 Å². The fourth-order valence-corrected chi connectivity index (χ4v) is 4.73. The summed E-state index contributed by atoms with van der Waals surface area (Å²) in [6.07, 6.45) is -0.159. The second kappa shape index (κ2) is 6.04. The van der Waals surface area contributed by atoms with Crippen molar-refractivity contribution in [3.05, 3.63) is 24.3 Å². The number of carbonyl (C=O) groups is 2. The first kappa shape index (κ1) is 13.8. The lowest BCUT2D eigenvalue weighted by atomic mass is 10.4. The average molecular weight is 300 g/mol. The Balaban J connectivity index is 2.04. The predicted molar refractivity (Wildman–Crippen MR) is 76.2 cm³/mol. The normalized spacial score (nSPS) is 18.6. The number of fused-ring (bicyclic) bond motifs is 1. The monoisotopic (exact) mass is 300 g/mol. The quantitative estimate of drug-likeness (QED) is 0.769. The highest BCUT2D eigenvalue weighted by atomic mass is 32.2. The van der Waals surface area contributed by atoms with Crippen molar-refractivity contribution in [3.63, 3.8) is 0 Å². The molecule has 0 aliphatic carbocycles. The van der Waals surface area contributed by atoms with Gasteiger partial charge in [0.25, 0.3) is 0 Å². The molecule has 1 aliphatic rings. The Morgan fingerprint density at radius 1 is 1.33 bits per heavy atom. The third kappa shape index (κ3) is 3.46. The van der Waals surface area contributed by atoms with Crippen molar-refractivity contribution in [2.75, 3.05) is 0 Å². The molecule has 0 saturated carbocycles. The molecule has 96 valence electrons. The van der Waals surface area contributed by atoms with Crippen LogP contribution < -0.4 is 0 Å². The first-order chi connectivity index (χ1) is 8.56. The van der Waals surface area contributed by atoms with Crippen molar-refractivity contribution in [1.29, 1.82) is 0 Å². The number of hydrogen-bond acceptors (Lipinski definition) is 6. The van der Waals surface area contributed by atoms with Gasteiger partial charge in [-0.15, -0.1) is 11.8 Å². The van der Waals surface area contributed by atoms with E-state index in [0.717, 1.165) is 21.6 Å². The second-order valence-electron chi connectivity index (χ2n) is 3.85. The molecule has 0 saturated heterocycles. The molecule has 0 bridgehead atoms. The first-order valence-electron chi connectivity index (χ1n) is 5.41. The minimum absolute atomic E-state index is 0.00981. The van der Waals surface area contributed by atoms with Gasteiger partial charge in [-0.1, -0.05) is 12.1 Å². The maximum absolute atomic E-state index is 11.9. The van der Waals surface area contributed by atoms with Gasteiger partial charge in [0.15, 0.2) is 0 Å². The summed E-state index contributed by atoms with van der Waals surface area (Å²) in [4.78, 5) is 25.4. The highest BCUT2D eigenvalue weighted by Crippen LogP contribution is 2.45. The molecule has 1 aliphatic heterocycles. The van der Waals surface area contributed by atoms with Crippen LogP contribution in [0.5, 0.6) is 0 Å². The Kier molecular flexibility index (Phi) is 4.64. The Labute approximate surface area is 118 Å². The second-order valence-corrected chi connectivity index (χ2v) is 7.38. The topological polar surface area (TPSA) is 43.4 Å². The molecule has 0 N–H and O–H groups in total. The van der Waals surface area contributed by atoms with Crippen LogP contribution in [0.15, 0.2) is 34.1 Å². The smallest absolute Gasteiger partial charge is 0.369 e. The van der Waals surface area contributed by atoms with Crippen LogP contribution in [-0.2, 0) is 9.53 Å². The van der Waals surface area contributed by atoms with E-state index in [-0.39, 0.29) is 11.2 Å². The zero-order chi connectivity index (χ0) is 13.1. The van der Waals surface area contributed by atoms with Crippen LogP contribution in [0.1, 0.15) is 13.8 Å². The number of carbonyl (C=O) groups excluding carboxylic acids is 2. The maximum atomic E-state index is 11.9. The molecule has 1 atom stereocenters. The molecule has 0 fully saturated rings. The molecule has 0 spiro atoms. The Bertz CT molecular complexity index is 473. The van der Waals surface area contributed by atoms with Gasteiger partial charge in [0.2, 0.25) is 5.12 Å². The molecular formula is C12H12O3S3. The summed E-state index contributed by atoms with van der Waals surface area (Å²) >= 11 is 3.56. The lowest BCUT2D eigenvalue weighted by Crippen LogP contribution is -2.17. The maximum Gasteiger partial charge on any atom is 0.369 e.